The highest BCUT2D eigenvalue weighted by atomic mass is 32.2. The molecule has 0 heterocycles. The number of anilines is 1. The van der Waals surface area contributed by atoms with E-state index >= 15 is 0 Å². The zero-order valence-electron chi connectivity index (χ0n) is 16.8. The molecule has 0 aliphatic heterocycles. The molecule has 28 heavy (non-hydrogen) atoms. The molecule has 2 rings (SSSR count). The van der Waals surface area contributed by atoms with Gasteiger partial charge in [0.2, 0.25) is 15.9 Å². The summed E-state index contributed by atoms with van der Waals surface area (Å²) < 4.78 is 31.3. The molecule has 6 nitrogen and oxygen atoms in total. The molecule has 2 atom stereocenters. The van der Waals surface area contributed by atoms with Crippen molar-refractivity contribution in [3.8, 4) is 5.75 Å². The van der Waals surface area contributed by atoms with Gasteiger partial charge in [0.15, 0.2) is 0 Å². The Hall–Kier alpha value is -2.54. The lowest BCUT2D eigenvalue weighted by Gasteiger charge is -2.31. The molecule has 1 N–H and O–H groups in total. The average Bonchev–Trinajstić information content (AvgIpc) is 2.69. The van der Waals surface area contributed by atoms with E-state index in [-0.39, 0.29) is 11.9 Å². The van der Waals surface area contributed by atoms with Gasteiger partial charge in [-0.25, -0.2) is 8.42 Å². The van der Waals surface area contributed by atoms with Gasteiger partial charge in [0, 0.05) is 0 Å². The van der Waals surface area contributed by atoms with Crippen LogP contribution in [0.25, 0.3) is 0 Å². The number of nitrogens with one attached hydrogen (secondary N) is 1. The van der Waals surface area contributed by atoms with Gasteiger partial charge >= 0.3 is 0 Å². The van der Waals surface area contributed by atoms with Crippen LogP contribution in [0.15, 0.2) is 54.6 Å². The summed E-state index contributed by atoms with van der Waals surface area (Å²) in [7, 11) is -2.03. The fourth-order valence-electron chi connectivity index (χ4n) is 3.16. The minimum atomic E-state index is -3.63. The molecule has 2 unspecified atom stereocenters. The van der Waals surface area contributed by atoms with Crippen LogP contribution < -0.4 is 14.4 Å². The predicted molar refractivity (Wildman–Crippen MR) is 112 cm³/mol. The molecule has 0 fully saturated rings. The number of methoxy groups -OCH3 is 1. The maximum atomic E-state index is 13.1. The molecule has 0 bridgehead atoms. The van der Waals surface area contributed by atoms with Crippen molar-refractivity contribution in [3.63, 3.8) is 0 Å². The van der Waals surface area contributed by atoms with Crippen LogP contribution in [0, 0.1) is 0 Å². The minimum absolute atomic E-state index is 0.218. The van der Waals surface area contributed by atoms with Crippen molar-refractivity contribution in [1.82, 2.24) is 5.32 Å². The fourth-order valence-corrected chi connectivity index (χ4v) is 4.37. The largest absolute Gasteiger partial charge is 0.497 e. The third kappa shape index (κ3) is 5.25. The molecule has 7 heteroatoms. The Bertz CT molecular complexity index is 867. The van der Waals surface area contributed by atoms with Gasteiger partial charge in [0.1, 0.15) is 11.8 Å². The van der Waals surface area contributed by atoms with Gasteiger partial charge in [-0.05, 0) is 42.7 Å². The van der Waals surface area contributed by atoms with E-state index in [0.717, 1.165) is 17.6 Å². The number of benzene rings is 2. The van der Waals surface area contributed by atoms with Crippen LogP contribution in [0.5, 0.6) is 5.75 Å². The highest BCUT2D eigenvalue weighted by molar-refractivity contribution is 7.92. The predicted octanol–water partition coefficient (Wildman–Crippen LogP) is 3.51. The molecule has 0 aliphatic rings. The van der Waals surface area contributed by atoms with E-state index in [1.54, 1.807) is 38.3 Å². The maximum absolute atomic E-state index is 13.1. The van der Waals surface area contributed by atoms with Crippen LogP contribution >= 0.6 is 0 Å². The lowest BCUT2D eigenvalue weighted by atomic mass is 10.0. The standard InChI is InChI=1S/C21H28N2O4S/c1-5-19(16-12-14-18(27-3)15-13-16)22-21(24)20(6-2)23(28(4,25)26)17-10-8-7-9-11-17/h7-15,19-20H,5-6H2,1-4H3,(H,22,24). The van der Waals surface area contributed by atoms with E-state index in [4.69, 9.17) is 4.74 Å². The Labute approximate surface area is 167 Å². The summed E-state index contributed by atoms with van der Waals surface area (Å²) in [5.74, 6) is 0.420. The maximum Gasteiger partial charge on any atom is 0.244 e. The van der Waals surface area contributed by atoms with Crippen molar-refractivity contribution in [2.45, 2.75) is 38.8 Å². The van der Waals surface area contributed by atoms with Crippen LogP contribution in [-0.2, 0) is 14.8 Å². The van der Waals surface area contributed by atoms with E-state index in [0.29, 0.717) is 18.5 Å². The second-order valence-electron chi connectivity index (χ2n) is 6.56. The number of hydrogen-bond acceptors (Lipinski definition) is 4. The van der Waals surface area contributed by atoms with Gasteiger partial charge in [-0.3, -0.25) is 9.10 Å². The van der Waals surface area contributed by atoms with Gasteiger partial charge in [0.05, 0.1) is 25.1 Å². The quantitative estimate of drug-likeness (QED) is 0.694. The fraction of sp³-hybridized carbons (Fsp3) is 0.381. The van der Waals surface area contributed by atoms with E-state index in [9.17, 15) is 13.2 Å². The Morgan fingerprint density at radius 3 is 2.11 bits per heavy atom. The Kier molecular flexibility index (Phi) is 7.45. The van der Waals surface area contributed by atoms with Crippen molar-refractivity contribution in [2.75, 3.05) is 17.7 Å². The Balaban J connectivity index is 2.29. The van der Waals surface area contributed by atoms with Gasteiger partial charge in [0.25, 0.3) is 0 Å². The van der Waals surface area contributed by atoms with Gasteiger partial charge in [-0.15, -0.1) is 0 Å². The van der Waals surface area contributed by atoms with Crippen molar-refractivity contribution in [1.29, 1.82) is 0 Å². The minimum Gasteiger partial charge on any atom is -0.497 e. The number of amides is 1. The zero-order valence-corrected chi connectivity index (χ0v) is 17.6. The topological polar surface area (TPSA) is 75.7 Å². The smallest absolute Gasteiger partial charge is 0.244 e. The molecule has 2 aromatic rings. The Morgan fingerprint density at radius 1 is 1.04 bits per heavy atom. The van der Waals surface area contributed by atoms with Crippen molar-refractivity contribution in [2.24, 2.45) is 0 Å². The average molecular weight is 405 g/mol. The summed E-state index contributed by atoms with van der Waals surface area (Å²) in [5, 5.41) is 3.01. The van der Waals surface area contributed by atoms with E-state index in [2.05, 4.69) is 5.32 Å². The summed E-state index contributed by atoms with van der Waals surface area (Å²) in [5.41, 5.74) is 1.42. The third-order valence-corrected chi connectivity index (χ3v) is 5.76. The zero-order chi connectivity index (χ0) is 20.7. The first-order valence-electron chi connectivity index (χ1n) is 9.30. The van der Waals surface area contributed by atoms with Gasteiger partial charge in [-0.1, -0.05) is 44.2 Å². The molecule has 0 aromatic heterocycles. The number of para-hydroxylation sites is 1. The molecular formula is C21H28N2O4S. The molecule has 0 spiro atoms. The second kappa shape index (κ2) is 9.59. The second-order valence-corrected chi connectivity index (χ2v) is 8.42. The number of hydrogen-bond donors (Lipinski definition) is 1. The summed E-state index contributed by atoms with van der Waals surface area (Å²) >= 11 is 0. The first kappa shape index (κ1) is 21.8. The first-order valence-corrected chi connectivity index (χ1v) is 11.1. The number of carbonyl (C=O) groups is 1. The number of carbonyl (C=O) groups excluding carboxylic acids is 1. The lowest BCUT2D eigenvalue weighted by Crippen LogP contribution is -2.50. The van der Waals surface area contributed by atoms with E-state index < -0.39 is 16.1 Å². The molecule has 0 radical (unpaired) electrons. The lowest BCUT2D eigenvalue weighted by molar-refractivity contribution is -0.123. The molecule has 0 aliphatic carbocycles. The molecular weight excluding hydrogens is 376 g/mol. The summed E-state index contributed by atoms with van der Waals surface area (Å²) in [6, 6.07) is 15.1. The molecule has 1 amide bonds. The number of sulfonamides is 1. The first-order chi connectivity index (χ1) is 13.3. The number of nitrogens with zero attached hydrogens (tertiary/aromatic N) is 1. The van der Waals surface area contributed by atoms with Crippen LogP contribution in [0.1, 0.15) is 38.3 Å². The summed E-state index contributed by atoms with van der Waals surface area (Å²) in [6.45, 7) is 3.78. The molecule has 2 aromatic carbocycles. The van der Waals surface area contributed by atoms with E-state index in [1.165, 1.54) is 4.31 Å². The van der Waals surface area contributed by atoms with Crippen molar-refractivity contribution < 1.29 is 17.9 Å². The van der Waals surface area contributed by atoms with Gasteiger partial charge < -0.3 is 10.1 Å². The van der Waals surface area contributed by atoms with Gasteiger partial charge in [-0.2, -0.15) is 0 Å². The monoisotopic (exact) mass is 404 g/mol. The SMILES string of the molecule is CCC(NC(=O)C(CC)N(c1ccccc1)S(C)(=O)=O)c1ccc(OC)cc1. The highest BCUT2D eigenvalue weighted by Crippen LogP contribution is 2.24. The Morgan fingerprint density at radius 2 is 1.64 bits per heavy atom. The molecule has 152 valence electrons. The molecule has 0 saturated heterocycles. The van der Waals surface area contributed by atoms with Crippen molar-refractivity contribution >= 4 is 21.6 Å². The van der Waals surface area contributed by atoms with Crippen LogP contribution in [0.2, 0.25) is 0 Å². The van der Waals surface area contributed by atoms with Crippen LogP contribution in [0.4, 0.5) is 5.69 Å². The summed E-state index contributed by atoms with van der Waals surface area (Å²) in [6.07, 6.45) is 2.16. The van der Waals surface area contributed by atoms with Crippen molar-refractivity contribution in [3.05, 3.63) is 60.2 Å². The third-order valence-electron chi connectivity index (χ3n) is 4.58. The van der Waals surface area contributed by atoms with Crippen LogP contribution in [-0.4, -0.2) is 33.7 Å². The number of ether oxygens (including phenoxy) is 1. The molecule has 0 saturated carbocycles. The highest BCUT2D eigenvalue weighted by Gasteiger charge is 2.32. The normalized spacial score (nSPS) is 13.4. The van der Waals surface area contributed by atoms with E-state index in [1.807, 2.05) is 37.3 Å². The van der Waals surface area contributed by atoms with Crippen LogP contribution in [0.3, 0.4) is 0 Å². The summed E-state index contributed by atoms with van der Waals surface area (Å²) in [4.78, 5) is 13.1. The number of rotatable bonds is 9.